The van der Waals surface area contributed by atoms with Gasteiger partial charge in [0.2, 0.25) is 0 Å². The first-order chi connectivity index (χ1) is 7.70. The van der Waals surface area contributed by atoms with Crippen molar-refractivity contribution < 1.29 is 9.47 Å². The summed E-state index contributed by atoms with van der Waals surface area (Å²) in [7, 11) is 0. The Balaban J connectivity index is 1.82. The average Bonchev–Trinajstić information content (AvgIpc) is 2.68. The Kier molecular flexibility index (Phi) is 3.63. The first-order valence-corrected chi connectivity index (χ1v) is 5.69. The monoisotopic (exact) mass is 242 g/mol. The molecule has 1 fully saturated rings. The van der Waals surface area contributed by atoms with Gasteiger partial charge in [-0.1, -0.05) is 11.6 Å². The van der Waals surface area contributed by atoms with E-state index in [0.29, 0.717) is 18.2 Å². The van der Waals surface area contributed by atoms with Gasteiger partial charge in [0, 0.05) is 25.4 Å². The zero-order valence-electron chi connectivity index (χ0n) is 9.20. The van der Waals surface area contributed by atoms with E-state index in [1.165, 1.54) is 0 Å². The molecule has 5 heteroatoms. The highest BCUT2D eigenvalue weighted by Crippen LogP contribution is 2.24. The predicted molar refractivity (Wildman–Crippen MR) is 62.7 cm³/mol. The van der Waals surface area contributed by atoms with Crippen LogP contribution in [0.2, 0.25) is 5.02 Å². The molecule has 0 amide bonds. The van der Waals surface area contributed by atoms with Crippen molar-refractivity contribution in [1.29, 1.82) is 0 Å². The Bertz CT molecular complexity index is 354. The largest absolute Gasteiger partial charge is 0.384 e. The molecule has 88 valence electrons. The molecule has 0 aliphatic carbocycles. The lowest BCUT2D eigenvalue weighted by atomic mass is 10.2. The van der Waals surface area contributed by atoms with Gasteiger partial charge in [-0.05, 0) is 13.0 Å². The van der Waals surface area contributed by atoms with Gasteiger partial charge >= 0.3 is 0 Å². The number of rotatable bonds is 4. The summed E-state index contributed by atoms with van der Waals surface area (Å²) in [6, 6.07) is 1.85. The number of halogens is 1. The van der Waals surface area contributed by atoms with Crippen LogP contribution in [0.1, 0.15) is 13.3 Å². The van der Waals surface area contributed by atoms with Crippen molar-refractivity contribution in [2.45, 2.75) is 19.1 Å². The molecule has 0 saturated carbocycles. The number of nitrogens with one attached hydrogen (secondary N) is 1. The molecule has 1 saturated heterocycles. The number of ether oxygens (including phenoxy) is 2. The number of anilines is 1. The molecule has 0 aromatic carbocycles. The summed E-state index contributed by atoms with van der Waals surface area (Å²) < 4.78 is 11.0. The maximum Gasteiger partial charge on any atom is 0.167 e. The molecule has 1 aromatic heterocycles. The van der Waals surface area contributed by atoms with Gasteiger partial charge in [-0.15, -0.1) is 0 Å². The highest BCUT2D eigenvalue weighted by molar-refractivity contribution is 6.33. The zero-order chi connectivity index (χ0) is 11.4. The summed E-state index contributed by atoms with van der Waals surface area (Å²) in [4.78, 5) is 3.92. The van der Waals surface area contributed by atoms with Crippen LogP contribution in [0.4, 0.5) is 5.69 Å². The van der Waals surface area contributed by atoms with E-state index < -0.39 is 5.79 Å². The molecule has 0 radical (unpaired) electrons. The number of nitrogens with zero attached hydrogens (tertiary/aromatic N) is 1. The number of aromatic nitrogens is 1. The summed E-state index contributed by atoms with van der Waals surface area (Å²) >= 11 is 5.97. The van der Waals surface area contributed by atoms with E-state index in [-0.39, 0.29) is 0 Å². The Hall–Kier alpha value is -0.840. The van der Waals surface area contributed by atoms with E-state index in [9.17, 15) is 0 Å². The number of hydrogen-bond acceptors (Lipinski definition) is 4. The van der Waals surface area contributed by atoms with Gasteiger partial charge in [-0.3, -0.25) is 4.98 Å². The lowest BCUT2D eigenvalue weighted by Gasteiger charge is -2.22. The summed E-state index contributed by atoms with van der Waals surface area (Å²) in [5.74, 6) is -0.452. The third-order valence-corrected chi connectivity index (χ3v) is 2.87. The SMILES string of the molecule is CC1(CCNc2ccncc2Cl)OCCO1. The molecule has 2 heterocycles. The number of hydrogen-bond donors (Lipinski definition) is 1. The molecule has 1 aliphatic heterocycles. The Morgan fingerprint density at radius 1 is 1.50 bits per heavy atom. The van der Waals surface area contributed by atoms with Gasteiger partial charge < -0.3 is 14.8 Å². The molecule has 0 atom stereocenters. The van der Waals surface area contributed by atoms with Gasteiger partial charge in [0.25, 0.3) is 0 Å². The van der Waals surface area contributed by atoms with E-state index in [4.69, 9.17) is 21.1 Å². The Labute approximate surface area is 99.9 Å². The van der Waals surface area contributed by atoms with Crippen molar-refractivity contribution in [3.05, 3.63) is 23.5 Å². The molecule has 1 aromatic rings. The van der Waals surface area contributed by atoms with Crippen molar-refractivity contribution in [2.24, 2.45) is 0 Å². The van der Waals surface area contributed by atoms with E-state index in [1.54, 1.807) is 12.4 Å². The Morgan fingerprint density at radius 2 is 2.25 bits per heavy atom. The van der Waals surface area contributed by atoms with Crippen LogP contribution >= 0.6 is 11.6 Å². The fraction of sp³-hybridized carbons (Fsp3) is 0.545. The van der Waals surface area contributed by atoms with Crippen LogP contribution in [0, 0.1) is 0 Å². The van der Waals surface area contributed by atoms with E-state index >= 15 is 0 Å². The second-order valence-corrected chi connectivity index (χ2v) is 4.27. The van der Waals surface area contributed by atoms with Crippen LogP contribution in [0.15, 0.2) is 18.5 Å². The van der Waals surface area contributed by atoms with E-state index in [2.05, 4.69) is 10.3 Å². The van der Waals surface area contributed by atoms with Crippen LogP contribution in [-0.2, 0) is 9.47 Å². The van der Waals surface area contributed by atoms with Crippen LogP contribution in [0.5, 0.6) is 0 Å². The van der Waals surface area contributed by atoms with Crippen molar-refractivity contribution in [3.8, 4) is 0 Å². The maximum absolute atomic E-state index is 5.97. The zero-order valence-corrected chi connectivity index (χ0v) is 9.96. The smallest absolute Gasteiger partial charge is 0.167 e. The highest BCUT2D eigenvalue weighted by Gasteiger charge is 2.30. The lowest BCUT2D eigenvalue weighted by molar-refractivity contribution is -0.144. The van der Waals surface area contributed by atoms with Crippen LogP contribution in [0.3, 0.4) is 0 Å². The molecule has 0 unspecified atom stereocenters. The molecular formula is C11H15ClN2O2. The molecule has 0 spiro atoms. The quantitative estimate of drug-likeness (QED) is 0.880. The highest BCUT2D eigenvalue weighted by atomic mass is 35.5. The van der Waals surface area contributed by atoms with Gasteiger partial charge in [0.05, 0.1) is 23.9 Å². The van der Waals surface area contributed by atoms with Gasteiger partial charge in [0.1, 0.15) is 0 Å². The summed E-state index contributed by atoms with van der Waals surface area (Å²) in [5, 5.41) is 3.86. The third-order valence-electron chi connectivity index (χ3n) is 2.57. The third kappa shape index (κ3) is 2.84. The molecular weight excluding hydrogens is 228 g/mol. The van der Waals surface area contributed by atoms with E-state index in [0.717, 1.165) is 18.7 Å². The second kappa shape index (κ2) is 4.99. The second-order valence-electron chi connectivity index (χ2n) is 3.86. The van der Waals surface area contributed by atoms with Crippen LogP contribution in [-0.4, -0.2) is 30.5 Å². The van der Waals surface area contributed by atoms with Crippen molar-refractivity contribution >= 4 is 17.3 Å². The molecule has 2 rings (SSSR count). The fourth-order valence-corrected chi connectivity index (χ4v) is 1.83. The normalized spacial score (nSPS) is 18.6. The fourth-order valence-electron chi connectivity index (χ4n) is 1.64. The minimum Gasteiger partial charge on any atom is -0.384 e. The summed E-state index contributed by atoms with van der Waals surface area (Å²) in [6.07, 6.45) is 4.11. The summed E-state index contributed by atoms with van der Waals surface area (Å²) in [5.41, 5.74) is 0.887. The van der Waals surface area contributed by atoms with Gasteiger partial charge in [-0.2, -0.15) is 0 Å². The first-order valence-electron chi connectivity index (χ1n) is 5.31. The van der Waals surface area contributed by atoms with Gasteiger partial charge in [0.15, 0.2) is 5.79 Å². The topological polar surface area (TPSA) is 43.4 Å². The predicted octanol–water partition coefficient (Wildman–Crippen LogP) is 2.30. The molecule has 4 nitrogen and oxygen atoms in total. The van der Waals surface area contributed by atoms with Gasteiger partial charge in [-0.25, -0.2) is 0 Å². The minimum atomic E-state index is -0.452. The van der Waals surface area contributed by atoms with Crippen molar-refractivity contribution in [3.63, 3.8) is 0 Å². The molecule has 0 bridgehead atoms. The Morgan fingerprint density at radius 3 is 2.94 bits per heavy atom. The summed E-state index contributed by atoms with van der Waals surface area (Å²) in [6.45, 7) is 4.05. The first kappa shape index (κ1) is 11.6. The van der Waals surface area contributed by atoms with Crippen LogP contribution in [0.25, 0.3) is 0 Å². The molecule has 16 heavy (non-hydrogen) atoms. The number of pyridine rings is 1. The molecule has 1 aliphatic rings. The van der Waals surface area contributed by atoms with Crippen molar-refractivity contribution in [2.75, 3.05) is 25.1 Å². The molecule has 1 N–H and O–H groups in total. The lowest BCUT2D eigenvalue weighted by Crippen LogP contribution is -2.28. The van der Waals surface area contributed by atoms with Crippen LogP contribution < -0.4 is 5.32 Å². The average molecular weight is 243 g/mol. The van der Waals surface area contributed by atoms with E-state index in [1.807, 2.05) is 13.0 Å². The standard InChI is InChI=1S/C11H15ClN2O2/c1-11(15-6-7-16-11)3-5-14-10-2-4-13-8-9(10)12/h2,4,8H,3,5-7H2,1H3,(H,13,14). The maximum atomic E-state index is 5.97. The van der Waals surface area contributed by atoms with Crippen molar-refractivity contribution in [1.82, 2.24) is 4.98 Å². The minimum absolute atomic E-state index is 0.452.